The van der Waals surface area contributed by atoms with E-state index >= 15 is 0 Å². The van der Waals surface area contributed by atoms with E-state index in [1.165, 1.54) is 17.0 Å². The molecule has 0 spiro atoms. The molecule has 0 aromatic heterocycles. The summed E-state index contributed by atoms with van der Waals surface area (Å²) in [4.78, 5) is 43.7. The van der Waals surface area contributed by atoms with E-state index in [2.05, 4.69) is 10.6 Å². The maximum atomic E-state index is 13.2. The van der Waals surface area contributed by atoms with Gasteiger partial charge in [-0.05, 0) is 45.4 Å². The van der Waals surface area contributed by atoms with Gasteiger partial charge in [0.25, 0.3) is 0 Å². The fourth-order valence-electron chi connectivity index (χ4n) is 4.43. The van der Waals surface area contributed by atoms with Crippen LogP contribution in [0.15, 0.2) is 35.5 Å². The molecule has 0 radical (unpaired) electrons. The summed E-state index contributed by atoms with van der Waals surface area (Å²) in [6, 6.07) is 2.83. The van der Waals surface area contributed by atoms with Crippen LogP contribution in [0.2, 0.25) is 0 Å². The molecule has 0 unspecified atom stereocenters. The summed E-state index contributed by atoms with van der Waals surface area (Å²) in [6.07, 6.45) is -4.51. The number of halogens is 3. The maximum Gasteiger partial charge on any atom is 0.416 e. The number of likely N-dealkylation sites (N-methyl/N-ethyl adjacent to an activating group) is 1. The largest absolute Gasteiger partial charge is 0.463 e. The minimum absolute atomic E-state index is 0.0174. The molecule has 2 heterocycles. The molecule has 0 bridgehead atoms. The van der Waals surface area contributed by atoms with Gasteiger partial charge in [0.15, 0.2) is 0 Å². The first kappa shape index (κ1) is 28.3. The van der Waals surface area contributed by atoms with Crippen molar-refractivity contribution in [3.8, 4) is 0 Å². The van der Waals surface area contributed by atoms with E-state index in [-0.39, 0.29) is 37.3 Å². The fraction of sp³-hybridized carbons (Fsp3) is 0.560. The first-order valence-electron chi connectivity index (χ1n) is 12.4. The van der Waals surface area contributed by atoms with E-state index in [1.54, 1.807) is 18.7 Å². The third-order valence-corrected chi connectivity index (χ3v) is 6.27. The van der Waals surface area contributed by atoms with Crippen molar-refractivity contribution in [2.45, 2.75) is 46.0 Å². The van der Waals surface area contributed by atoms with E-state index in [9.17, 15) is 27.6 Å². The van der Waals surface area contributed by atoms with Gasteiger partial charge >= 0.3 is 24.2 Å². The summed E-state index contributed by atoms with van der Waals surface area (Å²) in [5.41, 5.74) is 0.139. The van der Waals surface area contributed by atoms with E-state index in [0.717, 1.165) is 12.1 Å². The van der Waals surface area contributed by atoms with Gasteiger partial charge in [0.1, 0.15) is 0 Å². The minimum atomic E-state index is -4.51. The van der Waals surface area contributed by atoms with Crippen LogP contribution in [0.25, 0.3) is 0 Å². The molecule has 1 saturated heterocycles. The Morgan fingerprint density at radius 2 is 1.73 bits per heavy atom. The van der Waals surface area contributed by atoms with Crippen molar-refractivity contribution in [2.75, 3.05) is 45.9 Å². The van der Waals surface area contributed by atoms with Gasteiger partial charge in [0.05, 0.1) is 23.8 Å². The van der Waals surface area contributed by atoms with Gasteiger partial charge in [-0.3, -0.25) is 9.80 Å². The Bertz CT molecular complexity index is 1020. The van der Waals surface area contributed by atoms with Crippen molar-refractivity contribution in [3.63, 3.8) is 0 Å². The molecule has 2 aliphatic rings. The predicted octanol–water partition coefficient (Wildman–Crippen LogP) is 3.34. The van der Waals surface area contributed by atoms with Crippen molar-refractivity contribution in [3.05, 3.63) is 46.7 Å². The highest BCUT2D eigenvalue weighted by Gasteiger charge is 2.39. The van der Waals surface area contributed by atoms with Gasteiger partial charge in [-0.1, -0.05) is 12.1 Å². The topological polar surface area (TPSA) is 94.2 Å². The number of hydrogen-bond acceptors (Lipinski definition) is 5. The Morgan fingerprint density at radius 1 is 1.11 bits per heavy atom. The molecule has 4 amide bonds. The molecule has 204 valence electrons. The number of alkyl halides is 3. The second-order valence-corrected chi connectivity index (χ2v) is 9.19. The van der Waals surface area contributed by atoms with Crippen molar-refractivity contribution >= 4 is 18.0 Å². The van der Waals surface area contributed by atoms with Gasteiger partial charge in [0, 0.05) is 51.0 Å². The van der Waals surface area contributed by atoms with Crippen LogP contribution >= 0.6 is 0 Å². The van der Waals surface area contributed by atoms with E-state index in [0.29, 0.717) is 37.4 Å². The van der Waals surface area contributed by atoms with Crippen LogP contribution in [0.1, 0.15) is 44.9 Å². The highest BCUT2D eigenvalue weighted by atomic mass is 19.4. The smallest absolute Gasteiger partial charge is 0.416 e. The molecule has 37 heavy (non-hydrogen) atoms. The monoisotopic (exact) mass is 525 g/mol. The summed E-state index contributed by atoms with van der Waals surface area (Å²) in [6.45, 7) is 9.82. The van der Waals surface area contributed by atoms with Crippen LogP contribution in [-0.4, -0.2) is 84.6 Å². The molecular formula is C25H34F3N5O4. The van der Waals surface area contributed by atoms with Gasteiger partial charge in [0.2, 0.25) is 0 Å². The Labute approximate surface area is 214 Å². The van der Waals surface area contributed by atoms with E-state index < -0.39 is 29.8 Å². The lowest BCUT2D eigenvalue weighted by Gasteiger charge is -2.40. The fourth-order valence-corrected chi connectivity index (χ4v) is 4.43. The zero-order valence-electron chi connectivity index (χ0n) is 21.5. The van der Waals surface area contributed by atoms with Crippen molar-refractivity contribution in [2.24, 2.45) is 0 Å². The highest BCUT2D eigenvalue weighted by Crippen LogP contribution is 2.34. The zero-order valence-corrected chi connectivity index (χ0v) is 21.5. The lowest BCUT2D eigenvalue weighted by molar-refractivity contribution is -0.139. The van der Waals surface area contributed by atoms with Gasteiger partial charge in [-0.2, -0.15) is 13.2 Å². The Morgan fingerprint density at radius 3 is 2.24 bits per heavy atom. The summed E-state index contributed by atoms with van der Waals surface area (Å²) < 4.78 is 44.6. The van der Waals surface area contributed by atoms with Crippen molar-refractivity contribution in [1.29, 1.82) is 0 Å². The van der Waals surface area contributed by atoms with Crippen LogP contribution in [0.3, 0.4) is 0 Å². The Hall–Kier alpha value is -3.28. The SMILES string of the molecule is CCOC(=O)C1=C(CN2CCN(C(=O)NC(C)C)CC2)N(CC)C(=O)N[C@H]1c1ccc(C(F)(F)F)cc1. The van der Waals surface area contributed by atoms with Crippen LogP contribution in [0, 0.1) is 0 Å². The molecule has 2 N–H and O–H groups in total. The lowest BCUT2D eigenvalue weighted by Crippen LogP contribution is -2.55. The Balaban J connectivity index is 1.93. The third-order valence-electron chi connectivity index (χ3n) is 6.27. The molecule has 1 fully saturated rings. The minimum Gasteiger partial charge on any atom is -0.463 e. The van der Waals surface area contributed by atoms with Crippen LogP contribution in [-0.2, 0) is 15.7 Å². The number of nitrogens with one attached hydrogen (secondary N) is 2. The molecule has 0 saturated carbocycles. The zero-order chi connectivity index (χ0) is 27.3. The number of rotatable bonds is 7. The summed E-state index contributed by atoms with van der Waals surface area (Å²) in [5, 5.41) is 5.63. The van der Waals surface area contributed by atoms with Crippen molar-refractivity contribution in [1.82, 2.24) is 25.3 Å². The first-order chi connectivity index (χ1) is 17.5. The van der Waals surface area contributed by atoms with Gasteiger partial charge < -0.3 is 20.3 Å². The quantitative estimate of drug-likeness (QED) is 0.533. The molecule has 1 aromatic rings. The maximum absolute atomic E-state index is 13.2. The molecule has 1 atom stereocenters. The highest BCUT2D eigenvalue weighted by molar-refractivity contribution is 5.95. The normalized spacial score (nSPS) is 19.2. The molecule has 1 aromatic carbocycles. The number of amides is 4. The van der Waals surface area contributed by atoms with E-state index in [4.69, 9.17) is 4.74 Å². The standard InChI is InChI=1S/C25H34F3N5O4/c1-5-33-19(15-31-11-13-32(14-12-31)23(35)29-16(3)4)20(22(34)37-6-2)21(30-24(33)36)17-7-9-18(10-8-17)25(26,27)28/h7-10,16,21H,5-6,11-15H2,1-4H3,(H,29,35)(H,30,36)/t21-/m0/s1. The number of carbonyl (C=O) groups excluding carboxylic acids is 3. The lowest BCUT2D eigenvalue weighted by atomic mass is 9.93. The molecule has 9 nitrogen and oxygen atoms in total. The van der Waals surface area contributed by atoms with Crippen molar-refractivity contribution < 1.29 is 32.3 Å². The number of urea groups is 2. The van der Waals surface area contributed by atoms with Crippen LogP contribution in [0.4, 0.5) is 22.8 Å². The number of hydrogen-bond donors (Lipinski definition) is 2. The molecular weight excluding hydrogens is 491 g/mol. The molecule has 2 aliphatic heterocycles. The number of nitrogens with zero attached hydrogens (tertiary/aromatic N) is 3. The Kier molecular flexibility index (Phi) is 9.06. The summed E-state index contributed by atoms with van der Waals surface area (Å²) in [7, 11) is 0. The number of benzene rings is 1. The number of piperazine rings is 1. The summed E-state index contributed by atoms with van der Waals surface area (Å²) >= 11 is 0. The predicted molar refractivity (Wildman–Crippen MR) is 130 cm³/mol. The summed E-state index contributed by atoms with van der Waals surface area (Å²) in [5.74, 6) is -0.643. The number of ether oxygens (including phenoxy) is 1. The second-order valence-electron chi connectivity index (χ2n) is 9.19. The van der Waals surface area contributed by atoms with E-state index in [1.807, 2.05) is 18.7 Å². The van der Waals surface area contributed by atoms with Gasteiger partial charge in [-0.25, -0.2) is 14.4 Å². The molecule has 12 heteroatoms. The first-order valence-corrected chi connectivity index (χ1v) is 12.4. The second kappa shape index (κ2) is 11.8. The van der Waals surface area contributed by atoms with Crippen LogP contribution in [0.5, 0.6) is 0 Å². The average molecular weight is 526 g/mol. The average Bonchev–Trinajstić information content (AvgIpc) is 2.83. The third kappa shape index (κ3) is 6.73. The number of esters is 1. The number of carbonyl (C=O) groups is 3. The molecule has 0 aliphatic carbocycles. The van der Waals surface area contributed by atoms with Crippen LogP contribution < -0.4 is 10.6 Å². The van der Waals surface area contributed by atoms with Gasteiger partial charge in [-0.15, -0.1) is 0 Å². The molecule has 3 rings (SSSR count).